The highest BCUT2D eigenvalue weighted by Gasteiger charge is 2.31. The molecule has 0 spiro atoms. The summed E-state index contributed by atoms with van der Waals surface area (Å²) in [4.78, 5) is 26.3. The Morgan fingerprint density at radius 1 is 1.21 bits per heavy atom. The Balaban J connectivity index is 1.71. The molecule has 0 unspecified atom stereocenters. The summed E-state index contributed by atoms with van der Waals surface area (Å²) in [6, 6.07) is 4.00. The van der Waals surface area contributed by atoms with Crippen LogP contribution in [0.1, 0.15) is 18.4 Å². The summed E-state index contributed by atoms with van der Waals surface area (Å²) in [6.45, 7) is 1.17. The molecule has 1 atom stereocenters. The van der Waals surface area contributed by atoms with Gasteiger partial charge in [-0.25, -0.2) is 15.0 Å². The van der Waals surface area contributed by atoms with Crippen LogP contribution in [0.15, 0.2) is 36.8 Å². The third kappa shape index (κ3) is 3.37. The van der Waals surface area contributed by atoms with Crippen molar-refractivity contribution in [3.63, 3.8) is 0 Å². The van der Waals surface area contributed by atoms with Gasteiger partial charge in [0.1, 0.15) is 17.2 Å². The van der Waals surface area contributed by atoms with Gasteiger partial charge in [-0.05, 0) is 31.0 Å². The number of hydrogen-bond donors (Lipinski definition) is 1. The normalized spacial score (nSPS) is 17.8. The van der Waals surface area contributed by atoms with Crippen molar-refractivity contribution in [3.05, 3.63) is 42.4 Å². The van der Waals surface area contributed by atoms with Crippen molar-refractivity contribution in [2.75, 3.05) is 18.0 Å². The Kier molecular flexibility index (Phi) is 4.40. The summed E-state index contributed by atoms with van der Waals surface area (Å²) in [5.41, 5.74) is 5.36. The Labute approximate surface area is 158 Å². The molecule has 7 nitrogen and oxygen atoms in total. The number of fused-ring (bicyclic) bond motifs is 1. The van der Waals surface area contributed by atoms with E-state index in [-0.39, 0.29) is 17.6 Å². The fourth-order valence-electron chi connectivity index (χ4n) is 3.38. The van der Waals surface area contributed by atoms with E-state index in [0.29, 0.717) is 30.2 Å². The number of nitrogens with zero attached hydrogens (tertiary/aromatic N) is 5. The van der Waals surface area contributed by atoms with Gasteiger partial charge in [-0.2, -0.15) is 13.2 Å². The van der Waals surface area contributed by atoms with E-state index < -0.39 is 11.7 Å². The molecular weight excluding hydrogens is 373 g/mol. The maximum absolute atomic E-state index is 13.1. The highest BCUT2D eigenvalue weighted by atomic mass is 19.4. The number of pyridine rings is 1. The number of carbonyl (C=O) groups is 1. The smallest absolute Gasteiger partial charge is 0.369 e. The number of amides is 1. The number of carbonyl (C=O) groups excluding carboxylic acids is 1. The summed E-state index contributed by atoms with van der Waals surface area (Å²) in [5, 5.41) is 0. The predicted octanol–water partition coefficient (Wildman–Crippen LogP) is 2.51. The molecule has 1 saturated heterocycles. The second kappa shape index (κ2) is 6.77. The first kappa shape index (κ1) is 18.2. The molecule has 146 valence electrons. The fraction of sp³-hybridized carbons (Fsp3) is 0.333. The Morgan fingerprint density at radius 3 is 2.79 bits per heavy atom. The molecular formula is C18H17F3N6O. The van der Waals surface area contributed by atoms with E-state index in [2.05, 4.69) is 15.0 Å². The lowest BCUT2D eigenvalue weighted by atomic mass is 9.97. The quantitative estimate of drug-likeness (QED) is 0.742. The molecule has 1 amide bonds. The van der Waals surface area contributed by atoms with Crippen LogP contribution in [0.3, 0.4) is 0 Å². The van der Waals surface area contributed by atoms with Gasteiger partial charge >= 0.3 is 6.18 Å². The van der Waals surface area contributed by atoms with Gasteiger partial charge in [0.05, 0.1) is 17.7 Å². The lowest BCUT2D eigenvalue weighted by molar-refractivity contribution is -0.137. The van der Waals surface area contributed by atoms with Gasteiger partial charge in [-0.3, -0.25) is 9.20 Å². The standard InChI is InChI=1S/C18H17F3N6O/c19-18(20,21)12-3-4-14-24-8-13(27(14)10-12)17-23-6-5-15(25-17)26-7-1-2-11(9-26)16(22)28/h3-6,8,10-11H,1-2,7,9H2,(H2,22,28)/t11-/m0/s1. The van der Waals surface area contributed by atoms with Crippen molar-refractivity contribution in [1.82, 2.24) is 19.4 Å². The minimum Gasteiger partial charge on any atom is -0.369 e. The highest BCUT2D eigenvalue weighted by Crippen LogP contribution is 2.30. The van der Waals surface area contributed by atoms with Crippen molar-refractivity contribution in [2.24, 2.45) is 11.7 Å². The van der Waals surface area contributed by atoms with Crippen molar-refractivity contribution in [2.45, 2.75) is 19.0 Å². The van der Waals surface area contributed by atoms with Crippen LogP contribution >= 0.6 is 0 Å². The number of alkyl halides is 3. The topological polar surface area (TPSA) is 89.4 Å². The molecule has 4 heterocycles. The zero-order valence-corrected chi connectivity index (χ0v) is 14.7. The van der Waals surface area contributed by atoms with Gasteiger partial charge in [0, 0.05) is 25.5 Å². The fourth-order valence-corrected chi connectivity index (χ4v) is 3.38. The third-order valence-electron chi connectivity index (χ3n) is 4.85. The molecule has 1 aliphatic rings. The van der Waals surface area contributed by atoms with Crippen LogP contribution in [0.2, 0.25) is 0 Å². The predicted molar refractivity (Wildman–Crippen MR) is 95.4 cm³/mol. The van der Waals surface area contributed by atoms with Crippen LogP contribution in [0, 0.1) is 5.92 Å². The van der Waals surface area contributed by atoms with Crippen LogP contribution in [0.25, 0.3) is 17.2 Å². The van der Waals surface area contributed by atoms with Crippen LogP contribution in [-0.4, -0.2) is 38.3 Å². The number of rotatable bonds is 3. The summed E-state index contributed by atoms with van der Waals surface area (Å²) in [5.74, 6) is 0.251. The third-order valence-corrected chi connectivity index (χ3v) is 4.85. The maximum Gasteiger partial charge on any atom is 0.417 e. The first-order valence-corrected chi connectivity index (χ1v) is 8.75. The molecule has 4 rings (SSSR count). The summed E-state index contributed by atoms with van der Waals surface area (Å²) >= 11 is 0. The van der Waals surface area contributed by atoms with E-state index in [4.69, 9.17) is 5.73 Å². The average Bonchev–Trinajstić information content (AvgIpc) is 3.11. The molecule has 2 N–H and O–H groups in total. The summed E-state index contributed by atoms with van der Waals surface area (Å²) < 4.78 is 40.5. The molecule has 0 aliphatic carbocycles. The second-order valence-electron chi connectivity index (χ2n) is 6.71. The molecule has 1 fully saturated rings. The van der Waals surface area contributed by atoms with Crippen LogP contribution in [0.5, 0.6) is 0 Å². The lowest BCUT2D eigenvalue weighted by Crippen LogP contribution is -2.41. The van der Waals surface area contributed by atoms with Crippen LogP contribution in [-0.2, 0) is 11.0 Å². The SMILES string of the molecule is NC(=O)[C@H]1CCCN(c2ccnc(-c3cnc4ccc(C(F)(F)F)cn34)n2)C1. The summed E-state index contributed by atoms with van der Waals surface area (Å²) in [7, 11) is 0. The molecule has 0 bridgehead atoms. The van der Waals surface area contributed by atoms with Crippen LogP contribution < -0.4 is 10.6 Å². The monoisotopic (exact) mass is 390 g/mol. The largest absolute Gasteiger partial charge is 0.417 e. The highest BCUT2D eigenvalue weighted by molar-refractivity contribution is 5.77. The molecule has 3 aromatic rings. The molecule has 0 radical (unpaired) electrons. The van der Waals surface area contributed by atoms with Crippen molar-refractivity contribution >= 4 is 17.4 Å². The number of hydrogen-bond acceptors (Lipinski definition) is 5. The first-order valence-electron chi connectivity index (χ1n) is 8.75. The number of piperidine rings is 1. The second-order valence-corrected chi connectivity index (χ2v) is 6.71. The average molecular weight is 390 g/mol. The number of nitrogens with two attached hydrogens (primary N) is 1. The van der Waals surface area contributed by atoms with E-state index in [0.717, 1.165) is 25.1 Å². The van der Waals surface area contributed by atoms with E-state index in [1.54, 1.807) is 12.3 Å². The molecule has 0 aromatic carbocycles. The maximum atomic E-state index is 13.1. The van der Waals surface area contributed by atoms with E-state index >= 15 is 0 Å². The first-order chi connectivity index (χ1) is 13.3. The molecule has 1 aliphatic heterocycles. The van der Waals surface area contributed by atoms with E-state index in [1.165, 1.54) is 16.7 Å². The van der Waals surface area contributed by atoms with Gasteiger partial charge in [0.2, 0.25) is 5.91 Å². The van der Waals surface area contributed by atoms with Crippen molar-refractivity contribution in [1.29, 1.82) is 0 Å². The number of aromatic nitrogens is 4. The number of primary amides is 1. The van der Waals surface area contributed by atoms with Gasteiger partial charge in [-0.1, -0.05) is 0 Å². The number of halogens is 3. The van der Waals surface area contributed by atoms with Gasteiger partial charge in [0.15, 0.2) is 5.82 Å². The van der Waals surface area contributed by atoms with E-state index in [1.807, 2.05) is 4.90 Å². The van der Waals surface area contributed by atoms with E-state index in [9.17, 15) is 18.0 Å². The Bertz CT molecular complexity index is 1030. The lowest BCUT2D eigenvalue weighted by Gasteiger charge is -2.32. The van der Waals surface area contributed by atoms with Crippen molar-refractivity contribution < 1.29 is 18.0 Å². The number of imidazole rings is 1. The number of anilines is 1. The van der Waals surface area contributed by atoms with Crippen molar-refractivity contribution in [3.8, 4) is 11.5 Å². The van der Waals surface area contributed by atoms with Gasteiger partial charge in [0.25, 0.3) is 0 Å². The Hall–Kier alpha value is -3.17. The Morgan fingerprint density at radius 2 is 2.04 bits per heavy atom. The summed E-state index contributed by atoms with van der Waals surface area (Å²) in [6.07, 6.45) is 1.04. The zero-order chi connectivity index (χ0) is 19.9. The molecule has 10 heteroatoms. The zero-order valence-electron chi connectivity index (χ0n) is 14.7. The molecule has 3 aromatic heterocycles. The van der Waals surface area contributed by atoms with Gasteiger partial charge < -0.3 is 10.6 Å². The minimum atomic E-state index is -4.46. The molecule has 0 saturated carbocycles. The minimum absolute atomic E-state index is 0.252. The van der Waals surface area contributed by atoms with Gasteiger partial charge in [-0.15, -0.1) is 0 Å². The molecule has 28 heavy (non-hydrogen) atoms. The van der Waals surface area contributed by atoms with Crippen LogP contribution in [0.4, 0.5) is 19.0 Å².